The molecule has 0 fully saturated rings. The second-order valence-corrected chi connectivity index (χ2v) is 4.03. The zero-order chi connectivity index (χ0) is 13.0. The highest BCUT2D eigenvalue weighted by atomic mass is 19.1. The number of rotatable bonds is 5. The van der Waals surface area contributed by atoms with Gasteiger partial charge in [-0.2, -0.15) is 0 Å². The van der Waals surface area contributed by atoms with Crippen LogP contribution >= 0.6 is 0 Å². The summed E-state index contributed by atoms with van der Waals surface area (Å²) in [6, 6.07) is 3.40. The average molecular weight is 251 g/mol. The smallest absolute Gasteiger partial charge is 0.207 e. The third-order valence-corrected chi connectivity index (χ3v) is 2.58. The first-order chi connectivity index (χ1) is 8.70. The zero-order valence-electron chi connectivity index (χ0n) is 10.2. The summed E-state index contributed by atoms with van der Waals surface area (Å²) in [6.45, 7) is 2.88. The van der Waals surface area contributed by atoms with Gasteiger partial charge >= 0.3 is 0 Å². The molecule has 2 aromatic rings. The summed E-state index contributed by atoms with van der Waals surface area (Å²) in [5.74, 6) is -0.607. The number of nitrogens with one attached hydrogen (secondary N) is 1. The van der Waals surface area contributed by atoms with Gasteiger partial charge in [0.05, 0.1) is 5.69 Å². The largest absolute Gasteiger partial charge is 0.355 e. The van der Waals surface area contributed by atoms with Crippen LogP contribution in [0.4, 0.5) is 14.7 Å². The van der Waals surface area contributed by atoms with Gasteiger partial charge in [0.1, 0.15) is 11.6 Å². The fraction of sp³-hybridized carbons (Fsp3) is 0.308. The van der Waals surface area contributed by atoms with E-state index >= 15 is 0 Å². The molecule has 0 amide bonds. The third-order valence-electron chi connectivity index (χ3n) is 2.58. The Kier molecular flexibility index (Phi) is 3.92. The number of benzene rings is 1. The van der Waals surface area contributed by atoms with Crippen LogP contribution < -0.4 is 5.32 Å². The summed E-state index contributed by atoms with van der Waals surface area (Å²) in [7, 11) is 0. The molecule has 5 heteroatoms. The number of anilines is 1. The molecule has 1 aromatic carbocycles. The molecular formula is C13H15F2N3. The van der Waals surface area contributed by atoms with E-state index in [-0.39, 0.29) is 0 Å². The summed E-state index contributed by atoms with van der Waals surface area (Å²) >= 11 is 0. The van der Waals surface area contributed by atoms with Gasteiger partial charge in [-0.05, 0) is 18.6 Å². The molecule has 0 aliphatic carbocycles. The van der Waals surface area contributed by atoms with Gasteiger partial charge < -0.3 is 5.32 Å². The Morgan fingerprint density at radius 1 is 1.22 bits per heavy atom. The Balaban J connectivity index is 2.24. The Hall–Kier alpha value is -1.91. The van der Waals surface area contributed by atoms with Crippen LogP contribution in [0.25, 0.3) is 5.69 Å². The van der Waals surface area contributed by atoms with Crippen molar-refractivity contribution in [2.45, 2.75) is 19.8 Å². The van der Waals surface area contributed by atoms with Crippen molar-refractivity contribution in [1.82, 2.24) is 9.55 Å². The number of imidazole rings is 1. The van der Waals surface area contributed by atoms with Crippen LogP contribution in [-0.2, 0) is 0 Å². The van der Waals surface area contributed by atoms with Crippen molar-refractivity contribution < 1.29 is 8.78 Å². The number of halogens is 2. The average Bonchev–Trinajstić information content (AvgIpc) is 2.76. The van der Waals surface area contributed by atoms with E-state index in [2.05, 4.69) is 17.2 Å². The molecule has 0 aliphatic rings. The molecule has 2 rings (SSSR count). The van der Waals surface area contributed by atoms with Crippen LogP contribution in [0.3, 0.4) is 0 Å². The number of nitrogens with zero attached hydrogens (tertiary/aromatic N) is 2. The Morgan fingerprint density at radius 3 is 2.61 bits per heavy atom. The Labute approximate surface area is 104 Å². The molecule has 0 aliphatic heterocycles. The molecule has 18 heavy (non-hydrogen) atoms. The first-order valence-electron chi connectivity index (χ1n) is 5.94. The molecule has 0 saturated heterocycles. The predicted molar refractivity (Wildman–Crippen MR) is 66.9 cm³/mol. The fourth-order valence-electron chi connectivity index (χ4n) is 1.70. The van der Waals surface area contributed by atoms with Crippen LogP contribution in [0, 0.1) is 11.6 Å². The minimum atomic E-state index is -0.599. The molecule has 96 valence electrons. The van der Waals surface area contributed by atoms with Crippen molar-refractivity contribution >= 4 is 5.95 Å². The van der Waals surface area contributed by atoms with Gasteiger partial charge in [-0.3, -0.25) is 4.57 Å². The van der Waals surface area contributed by atoms with E-state index in [4.69, 9.17) is 0 Å². The van der Waals surface area contributed by atoms with E-state index in [0.717, 1.165) is 25.5 Å². The van der Waals surface area contributed by atoms with Crippen LogP contribution in [0.5, 0.6) is 0 Å². The molecule has 0 spiro atoms. The lowest BCUT2D eigenvalue weighted by Gasteiger charge is -2.09. The first kappa shape index (κ1) is 12.5. The first-order valence-corrected chi connectivity index (χ1v) is 5.94. The van der Waals surface area contributed by atoms with Crippen molar-refractivity contribution in [2.75, 3.05) is 11.9 Å². The number of unbranched alkanes of at least 4 members (excludes halogenated alkanes) is 1. The second kappa shape index (κ2) is 5.62. The molecule has 1 heterocycles. The monoisotopic (exact) mass is 251 g/mol. The minimum Gasteiger partial charge on any atom is -0.355 e. The molecule has 3 nitrogen and oxygen atoms in total. The molecule has 0 unspecified atom stereocenters. The van der Waals surface area contributed by atoms with Crippen molar-refractivity contribution in [1.29, 1.82) is 0 Å². The van der Waals surface area contributed by atoms with Crippen LogP contribution in [0.15, 0.2) is 30.6 Å². The summed E-state index contributed by atoms with van der Waals surface area (Å²) in [5, 5.41) is 3.14. The third kappa shape index (κ3) is 2.85. The zero-order valence-corrected chi connectivity index (χ0v) is 10.2. The number of aromatic nitrogens is 2. The van der Waals surface area contributed by atoms with Gasteiger partial charge in [-0.15, -0.1) is 0 Å². The van der Waals surface area contributed by atoms with Gasteiger partial charge in [-0.1, -0.05) is 13.3 Å². The van der Waals surface area contributed by atoms with Crippen molar-refractivity contribution in [3.63, 3.8) is 0 Å². The molecule has 0 bridgehead atoms. The maximum Gasteiger partial charge on any atom is 0.207 e. The predicted octanol–water partition coefficient (Wildman–Crippen LogP) is 3.36. The maximum absolute atomic E-state index is 13.2. The van der Waals surface area contributed by atoms with E-state index in [1.807, 2.05) is 0 Å². The fourth-order valence-corrected chi connectivity index (χ4v) is 1.70. The van der Waals surface area contributed by atoms with Crippen LogP contribution in [0.2, 0.25) is 0 Å². The molecule has 1 N–H and O–H groups in total. The highest BCUT2D eigenvalue weighted by Crippen LogP contribution is 2.17. The summed E-state index contributed by atoms with van der Waals surface area (Å²) < 4.78 is 28.0. The van der Waals surface area contributed by atoms with E-state index in [1.54, 1.807) is 17.0 Å². The molecular weight excluding hydrogens is 236 g/mol. The van der Waals surface area contributed by atoms with Crippen molar-refractivity contribution in [2.24, 2.45) is 0 Å². The Morgan fingerprint density at radius 2 is 1.94 bits per heavy atom. The summed E-state index contributed by atoms with van der Waals surface area (Å²) in [4.78, 5) is 4.13. The number of hydrogen-bond donors (Lipinski definition) is 1. The van der Waals surface area contributed by atoms with Gasteiger partial charge in [-0.25, -0.2) is 13.8 Å². The molecule has 0 radical (unpaired) electrons. The topological polar surface area (TPSA) is 29.9 Å². The minimum absolute atomic E-state index is 0.420. The molecule has 0 atom stereocenters. The lowest BCUT2D eigenvalue weighted by Crippen LogP contribution is -2.07. The van der Waals surface area contributed by atoms with Gasteiger partial charge in [0.15, 0.2) is 0 Å². The standard InChI is InChI=1S/C13H15F2N3/c1-2-3-4-16-13-17-5-6-18(13)12-8-10(14)7-11(15)9-12/h5-9H,2-4H2,1H3,(H,16,17). The van der Waals surface area contributed by atoms with Crippen molar-refractivity contribution in [3.8, 4) is 5.69 Å². The second-order valence-electron chi connectivity index (χ2n) is 4.03. The van der Waals surface area contributed by atoms with Gasteiger partial charge in [0.25, 0.3) is 0 Å². The van der Waals surface area contributed by atoms with E-state index < -0.39 is 11.6 Å². The summed E-state index contributed by atoms with van der Waals surface area (Å²) in [5.41, 5.74) is 0.420. The lowest BCUT2D eigenvalue weighted by atomic mass is 10.3. The van der Waals surface area contributed by atoms with E-state index in [1.165, 1.54) is 12.1 Å². The SMILES string of the molecule is CCCCNc1nccn1-c1cc(F)cc(F)c1. The highest BCUT2D eigenvalue weighted by Gasteiger charge is 2.07. The molecule has 1 aromatic heterocycles. The van der Waals surface area contributed by atoms with Crippen LogP contribution in [-0.4, -0.2) is 16.1 Å². The van der Waals surface area contributed by atoms with Crippen molar-refractivity contribution in [3.05, 3.63) is 42.2 Å². The molecule has 0 saturated carbocycles. The van der Waals surface area contributed by atoms with E-state index in [9.17, 15) is 8.78 Å². The lowest BCUT2D eigenvalue weighted by molar-refractivity contribution is 0.581. The van der Waals surface area contributed by atoms with E-state index in [0.29, 0.717) is 11.6 Å². The normalized spacial score (nSPS) is 10.6. The van der Waals surface area contributed by atoms with Gasteiger partial charge in [0, 0.05) is 25.0 Å². The maximum atomic E-state index is 13.2. The summed E-state index contributed by atoms with van der Waals surface area (Å²) in [6.07, 6.45) is 5.35. The highest BCUT2D eigenvalue weighted by molar-refractivity contribution is 5.42. The Bertz CT molecular complexity index is 502. The number of hydrogen-bond acceptors (Lipinski definition) is 2. The van der Waals surface area contributed by atoms with Gasteiger partial charge in [0.2, 0.25) is 5.95 Å². The quantitative estimate of drug-likeness (QED) is 0.826. The van der Waals surface area contributed by atoms with Crippen LogP contribution in [0.1, 0.15) is 19.8 Å².